The van der Waals surface area contributed by atoms with Gasteiger partial charge in [0.15, 0.2) is 11.5 Å². The Kier molecular flexibility index (Phi) is 3.73. The summed E-state index contributed by atoms with van der Waals surface area (Å²) in [5.74, 6) is 1.50. The van der Waals surface area contributed by atoms with Crippen LogP contribution >= 0.6 is 0 Å². The highest BCUT2D eigenvalue weighted by atomic mass is 32.2. The number of rotatable bonds is 3. The lowest BCUT2D eigenvalue weighted by Crippen LogP contribution is -2.36. The minimum absolute atomic E-state index is 0.0412. The minimum atomic E-state index is -3.35. The first kappa shape index (κ1) is 15.5. The van der Waals surface area contributed by atoms with Crippen LogP contribution in [0.25, 0.3) is 0 Å². The molecule has 2 heterocycles. The van der Waals surface area contributed by atoms with E-state index < -0.39 is 10.0 Å². The Hall–Kier alpha value is -2.05. The van der Waals surface area contributed by atoms with E-state index in [-0.39, 0.29) is 12.5 Å². The van der Waals surface area contributed by atoms with Crippen molar-refractivity contribution in [3.8, 4) is 11.5 Å². The zero-order valence-electron chi connectivity index (χ0n) is 13.5. The van der Waals surface area contributed by atoms with Gasteiger partial charge >= 0.3 is 0 Å². The van der Waals surface area contributed by atoms with Crippen LogP contribution in [0.1, 0.15) is 22.3 Å². The Morgan fingerprint density at radius 2 is 1.79 bits per heavy atom. The highest BCUT2D eigenvalue weighted by molar-refractivity contribution is 7.88. The van der Waals surface area contributed by atoms with E-state index in [1.165, 1.54) is 0 Å². The maximum absolute atomic E-state index is 12.8. The van der Waals surface area contributed by atoms with Crippen molar-refractivity contribution in [2.75, 3.05) is 13.3 Å². The zero-order valence-corrected chi connectivity index (χ0v) is 14.3. The molecule has 2 aromatic rings. The van der Waals surface area contributed by atoms with Crippen molar-refractivity contribution in [1.29, 1.82) is 0 Å². The molecular formula is C18H19NO4S. The molecule has 4 rings (SSSR count). The molecule has 2 aromatic carbocycles. The highest BCUT2D eigenvalue weighted by Gasteiger charge is 2.29. The van der Waals surface area contributed by atoms with Crippen LogP contribution < -0.4 is 9.47 Å². The lowest BCUT2D eigenvalue weighted by molar-refractivity contribution is 0.174. The molecule has 0 bridgehead atoms. The van der Waals surface area contributed by atoms with E-state index in [0.717, 1.165) is 28.0 Å². The van der Waals surface area contributed by atoms with Gasteiger partial charge in [0.05, 0.1) is 5.75 Å². The fraction of sp³-hybridized carbons (Fsp3) is 0.333. The zero-order chi connectivity index (χ0) is 16.7. The lowest BCUT2D eigenvalue weighted by atomic mass is 10.0. The molecule has 0 saturated heterocycles. The number of benzene rings is 2. The molecule has 0 atom stereocenters. The fourth-order valence-corrected chi connectivity index (χ4v) is 4.82. The average Bonchev–Trinajstić information content (AvgIpc) is 3.01. The second kappa shape index (κ2) is 5.79. The van der Waals surface area contributed by atoms with Crippen LogP contribution in [0.3, 0.4) is 0 Å². The van der Waals surface area contributed by atoms with Crippen molar-refractivity contribution < 1.29 is 17.9 Å². The number of fused-ring (bicyclic) bond motifs is 2. The number of aryl methyl sites for hydroxylation is 1. The normalized spacial score (nSPS) is 16.9. The largest absolute Gasteiger partial charge is 0.454 e. The molecule has 6 heteroatoms. The third-order valence-electron chi connectivity index (χ3n) is 4.66. The Morgan fingerprint density at radius 3 is 2.54 bits per heavy atom. The molecule has 0 fully saturated rings. The molecule has 2 aliphatic rings. The maximum Gasteiger partial charge on any atom is 0.231 e. The third-order valence-corrected chi connectivity index (χ3v) is 6.44. The predicted molar refractivity (Wildman–Crippen MR) is 90.5 cm³/mol. The topological polar surface area (TPSA) is 55.8 Å². The third kappa shape index (κ3) is 2.76. The summed E-state index contributed by atoms with van der Waals surface area (Å²) in [5, 5.41) is 0. The molecule has 5 nitrogen and oxygen atoms in total. The van der Waals surface area contributed by atoms with Gasteiger partial charge in [-0.15, -0.1) is 0 Å². The van der Waals surface area contributed by atoms with Crippen molar-refractivity contribution in [3.63, 3.8) is 0 Å². The molecular weight excluding hydrogens is 326 g/mol. The number of sulfonamides is 1. The summed E-state index contributed by atoms with van der Waals surface area (Å²) in [6, 6.07) is 11.5. The van der Waals surface area contributed by atoms with E-state index in [1.807, 2.05) is 43.3 Å². The molecule has 0 spiro atoms. The second-order valence-corrected chi connectivity index (χ2v) is 8.21. The van der Waals surface area contributed by atoms with Crippen molar-refractivity contribution in [1.82, 2.24) is 4.31 Å². The van der Waals surface area contributed by atoms with Gasteiger partial charge in [-0.1, -0.05) is 24.3 Å². The summed E-state index contributed by atoms with van der Waals surface area (Å²) >= 11 is 0. The van der Waals surface area contributed by atoms with Crippen LogP contribution in [0.5, 0.6) is 11.5 Å². The van der Waals surface area contributed by atoms with Crippen LogP contribution in [-0.2, 0) is 28.7 Å². The number of ether oxygens (including phenoxy) is 2. The first-order valence-corrected chi connectivity index (χ1v) is 9.57. The van der Waals surface area contributed by atoms with E-state index in [1.54, 1.807) is 4.31 Å². The monoisotopic (exact) mass is 345 g/mol. The van der Waals surface area contributed by atoms with Crippen molar-refractivity contribution >= 4 is 10.0 Å². The maximum atomic E-state index is 12.8. The van der Waals surface area contributed by atoms with Crippen LogP contribution in [0.15, 0.2) is 36.4 Å². The molecule has 0 unspecified atom stereocenters. The van der Waals surface area contributed by atoms with E-state index in [2.05, 4.69) is 0 Å². The van der Waals surface area contributed by atoms with Gasteiger partial charge in [0.2, 0.25) is 16.8 Å². The molecule has 0 amide bonds. The van der Waals surface area contributed by atoms with E-state index in [0.29, 0.717) is 25.3 Å². The molecule has 2 aliphatic heterocycles. The molecule has 0 saturated carbocycles. The van der Waals surface area contributed by atoms with Gasteiger partial charge in [-0.05, 0) is 47.7 Å². The summed E-state index contributed by atoms with van der Waals surface area (Å²) in [5.41, 5.74) is 4.00. The standard InChI is InChI=1S/C18H19NO4S/c1-13-4-2-3-5-15(13)11-24(20,21)19-7-6-14-8-17-18(23-12-22-17)9-16(14)10-19/h2-5,8-9H,6-7,10-12H2,1H3. The number of hydrogen-bond donors (Lipinski definition) is 0. The van der Waals surface area contributed by atoms with Gasteiger partial charge in [-0.2, -0.15) is 4.31 Å². The molecule has 0 aromatic heterocycles. The first-order valence-electron chi connectivity index (χ1n) is 7.97. The quantitative estimate of drug-likeness (QED) is 0.858. The molecule has 24 heavy (non-hydrogen) atoms. The Bertz CT molecular complexity index is 892. The fourth-order valence-electron chi connectivity index (χ4n) is 3.22. The van der Waals surface area contributed by atoms with Gasteiger partial charge in [0, 0.05) is 13.1 Å². The lowest BCUT2D eigenvalue weighted by Gasteiger charge is -2.28. The number of nitrogens with zero attached hydrogens (tertiary/aromatic N) is 1. The molecule has 0 radical (unpaired) electrons. The summed E-state index contributed by atoms with van der Waals surface area (Å²) in [7, 11) is -3.35. The van der Waals surface area contributed by atoms with Crippen molar-refractivity contribution in [2.45, 2.75) is 25.6 Å². The van der Waals surface area contributed by atoms with Crippen molar-refractivity contribution in [3.05, 3.63) is 58.7 Å². The molecule has 0 aliphatic carbocycles. The second-order valence-electron chi connectivity index (χ2n) is 6.24. The Morgan fingerprint density at radius 1 is 1.08 bits per heavy atom. The Balaban J connectivity index is 1.58. The van der Waals surface area contributed by atoms with Gasteiger partial charge in [0.25, 0.3) is 0 Å². The van der Waals surface area contributed by atoms with E-state index >= 15 is 0 Å². The van der Waals surface area contributed by atoms with Gasteiger partial charge in [-0.3, -0.25) is 0 Å². The predicted octanol–water partition coefficient (Wildman–Crippen LogP) is 2.61. The van der Waals surface area contributed by atoms with Crippen LogP contribution in [0.2, 0.25) is 0 Å². The minimum Gasteiger partial charge on any atom is -0.454 e. The first-order chi connectivity index (χ1) is 11.5. The molecule has 0 N–H and O–H groups in total. The van der Waals surface area contributed by atoms with Crippen LogP contribution in [-0.4, -0.2) is 26.1 Å². The Labute approximate surface area is 141 Å². The van der Waals surface area contributed by atoms with Gasteiger partial charge in [-0.25, -0.2) is 8.42 Å². The van der Waals surface area contributed by atoms with Gasteiger partial charge < -0.3 is 9.47 Å². The summed E-state index contributed by atoms with van der Waals surface area (Å²) in [6.07, 6.45) is 0.693. The van der Waals surface area contributed by atoms with Crippen molar-refractivity contribution in [2.24, 2.45) is 0 Å². The average molecular weight is 345 g/mol. The summed E-state index contributed by atoms with van der Waals surface area (Å²) in [6.45, 7) is 3.06. The summed E-state index contributed by atoms with van der Waals surface area (Å²) in [4.78, 5) is 0. The molecule has 126 valence electrons. The number of hydrogen-bond acceptors (Lipinski definition) is 4. The highest BCUT2D eigenvalue weighted by Crippen LogP contribution is 2.37. The van der Waals surface area contributed by atoms with Crippen LogP contribution in [0.4, 0.5) is 0 Å². The SMILES string of the molecule is Cc1ccccc1CS(=O)(=O)N1CCc2cc3c(cc2C1)OCO3. The smallest absolute Gasteiger partial charge is 0.231 e. The van der Waals surface area contributed by atoms with Crippen LogP contribution in [0, 0.1) is 6.92 Å². The summed E-state index contributed by atoms with van der Waals surface area (Å²) < 4.78 is 38.0. The van der Waals surface area contributed by atoms with Gasteiger partial charge in [0.1, 0.15) is 0 Å². The van der Waals surface area contributed by atoms with E-state index in [9.17, 15) is 8.42 Å². The van der Waals surface area contributed by atoms with E-state index in [4.69, 9.17) is 9.47 Å².